The normalized spacial score (nSPS) is 11.5. The number of thioether (sulfide) groups is 1. The van der Waals surface area contributed by atoms with Crippen molar-refractivity contribution >= 4 is 33.8 Å². The maximum absolute atomic E-state index is 13.8. The van der Waals surface area contributed by atoms with Crippen molar-refractivity contribution in [2.45, 2.75) is 25.5 Å². The minimum Gasteiger partial charge on any atom is -0.431 e. The van der Waals surface area contributed by atoms with E-state index in [1.165, 1.54) is 6.07 Å². The molecule has 0 unspecified atom stereocenters. The van der Waals surface area contributed by atoms with Crippen LogP contribution in [0.3, 0.4) is 0 Å². The summed E-state index contributed by atoms with van der Waals surface area (Å²) in [6.07, 6.45) is 1.05. The molecule has 0 radical (unpaired) electrons. The van der Waals surface area contributed by atoms with Crippen LogP contribution in [0.1, 0.15) is 19.0 Å². The van der Waals surface area contributed by atoms with Gasteiger partial charge >= 0.3 is 0 Å². The van der Waals surface area contributed by atoms with Gasteiger partial charge in [-0.3, -0.25) is 0 Å². The molecule has 0 aliphatic heterocycles. The second-order valence-corrected chi connectivity index (χ2v) is 5.39. The van der Waals surface area contributed by atoms with Crippen molar-refractivity contribution in [1.29, 1.82) is 0 Å². The zero-order valence-corrected chi connectivity index (χ0v) is 11.6. The van der Waals surface area contributed by atoms with Crippen molar-refractivity contribution in [3.8, 4) is 0 Å². The summed E-state index contributed by atoms with van der Waals surface area (Å²) in [6.45, 7) is 3.93. The molecular weight excluding hydrogens is 263 g/mol. The van der Waals surface area contributed by atoms with Crippen molar-refractivity contribution in [3.63, 3.8) is 0 Å². The lowest BCUT2D eigenvalue weighted by Crippen LogP contribution is -1.89. The molecule has 0 fully saturated rings. The molecule has 0 amide bonds. The average molecular weight is 276 g/mol. The third kappa shape index (κ3) is 2.08. The van der Waals surface area contributed by atoms with Crippen LogP contribution in [0.4, 0.5) is 4.39 Å². The topological polar surface area (TPSA) is 38.9 Å². The third-order valence-electron chi connectivity index (χ3n) is 2.89. The van der Waals surface area contributed by atoms with Gasteiger partial charge in [-0.2, -0.15) is 0 Å². The molecule has 2 aromatic heterocycles. The number of rotatable bonds is 3. The van der Waals surface area contributed by atoms with Gasteiger partial charge < -0.3 is 4.42 Å². The molecule has 5 heteroatoms. The van der Waals surface area contributed by atoms with E-state index in [1.54, 1.807) is 17.8 Å². The maximum atomic E-state index is 13.8. The Morgan fingerprint density at radius 1 is 1.26 bits per heavy atom. The molecule has 0 atom stereocenters. The minimum atomic E-state index is -0.332. The first kappa shape index (κ1) is 12.4. The van der Waals surface area contributed by atoms with E-state index in [9.17, 15) is 4.39 Å². The van der Waals surface area contributed by atoms with E-state index in [0.29, 0.717) is 27.4 Å². The highest BCUT2D eigenvalue weighted by atomic mass is 32.2. The summed E-state index contributed by atoms with van der Waals surface area (Å²) in [5.41, 5.74) is 2.38. The highest BCUT2D eigenvalue weighted by molar-refractivity contribution is 7.99. The number of pyridine rings is 1. The molecule has 3 nitrogen and oxygen atoms in total. The standard InChI is InChI=1S/C14H13FN2OS/c1-3-7-19-14-17-11-8(2)16-12-9(13(11)18-14)5-4-6-10(12)15/h4-6H,3,7H2,1-2H3. The predicted octanol–water partition coefficient (Wildman–Crippen LogP) is 4.33. The van der Waals surface area contributed by atoms with E-state index in [2.05, 4.69) is 16.9 Å². The molecule has 0 N–H and O–H groups in total. The van der Waals surface area contributed by atoms with Crippen molar-refractivity contribution in [2.24, 2.45) is 0 Å². The second-order valence-electron chi connectivity index (χ2n) is 4.34. The number of hydrogen-bond acceptors (Lipinski definition) is 4. The van der Waals surface area contributed by atoms with Gasteiger partial charge in [0.05, 0.1) is 5.69 Å². The molecule has 2 heterocycles. The summed E-state index contributed by atoms with van der Waals surface area (Å²) >= 11 is 1.57. The summed E-state index contributed by atoms with van der Waals surface area (Å²) in [7, 11) is 0. The molecule has 1 aromatic carbocycles. The zero-order chi connectivity index (χ0) is 13.4. The van der Waals surface area contributed by atoms with Crippen LogP contribution in [0.2, 0.25) is 0 Å². The second kappa shape index (κ2) is 4.81. The number of para-hydroxylation sites is 1. The highest BCUT2D eigenvalue weighted by Crippen LogP contribution is 2.31. The number of oxazole rings is 1. The van der Waals surface area contributed by atoms with Crippen molar-refractivity contribution in [3.05, 3.63) is 29.7 Å². The molecule has 0 aliphatic rings. The SMILES string of the molecule is CCCSc1nc2c(C)nc3c(F)cccc3c2o1. The number of benzene rings is 1. The van der Waals surface area contributed by atoms with Gasteiger partial charge in [-0.25, -0.2) is 14.4 Å². The third-order valence-corrected chi connectivity index (χ3v) is 3.92. The Hall–Kier alpha value is -1.62. The average Bonchev–Trinajstić information content (AvgIpc) is 2.83. The van der Waals surface area contributed by atoms with Crippen LogP contribution in [-0.4, -0.2) is 15.7 Å². The van der Waals surface area contributed by atoms with Crippen molar-refractivity contribution in [2.75, 3.05) is 5.75 Å². The molecule has 0 spiro atoms. The Labute approximate surface area is 114 Å². The molecule has 0 aliphatic carbocycles. The molecule has 0 saturated carbocycles. The van der Waals surface area contributed by atoms with Crippen LogP contribution in [0.25, 0.3) is 22.0 Å². The van der Waals surface area contributed by atoms with Crippen molar-refractivity contribution < 1.29 is 8.81 Å². The molecule has 3 rings (SSSR count). The van der Waals surface area contributed by atoms with Gasteiger partial charge in [-0.15, -0.1) is 0 Å². The number of halogens is 1. The number of aryl methyl sites for hydroxylation is 1. The van der Waals surface area contributed by atoms with Crippen LogP contribution >= 0.6 is 11.8 Å². The van der Waals surface area contributed by atoms with Crippen LogP contribution in [0.15, 0.2) is 27.8 Å². The summed E-state index contributed by atoms with van der Waals surface area (Å²) in [5, 5.41) is 1.30. The van der Waals surface area contributed by atoms with Crippen LogP contribution in [0, 0.1) is 12.7 Å². The summed E-state index contributed by atoms with van der Waals surface area (Å²) in [4.78, 5) is 8.73. The van der Waals surface area contributed by atoms with Crippen LogP contribution in [-0.2, 0) is 0 Å². The van der Waals surface area contributed by atoms with Gasteiger partial charge in [-0.1, -0.05) is 24.8 Å². The fourth-order valence-electron chi connectivity index (χ4n) is 2.01. The first-order chi connectivity index (χ1) is 9.20. The monoisotopic (exact) mass is 276 g/mol. The van der Waals surface area contributed by atoms with Gasteiger partial charge in [-0.05, 0) is 25.5 Å². The Morgan fingerprint density at radius 2 is 2.11 bits per heavy atom. The Balaban J connectivity index is 2.28. The lowest BCUT2D eigenvalue weighted by Gasteiger charge is -2.00. The molecule has 98 valence electrons. The number of hydrogen-bond donors (Lipinski definition) is 0. The Kier molecular flexibility index (Phi) is 3.14. The number of aromatic nitrogens is 2. The molecular formula is C14H13FN2OS. The van der Waals surface area contributed by atoms with Gasteiger partial charge in [0.15, 0.2) is 5.58 Å². The fraction of sp³-hybridized carbons (Fsp3) is 0.286. The summed E-state index contributed by atoms with van der Waals surface area (Å²) in [6, 6.07) is 4.88. The molecule has 0 saturated heterocycles. The van der Waals surface area contributed by atoms with Gasteiger partial charge in [0.2, 0.25) is 0 Å². The van der Waals surface area contributed by atoms with Gasteiger partial charge in [0, 0.05) is 11.1 Å². The largest absolute Gasteiger partial charge is 0.431 e. The van der Waals surface area contributed by atoms with Gasteiger partial charge in [0.25, 0.3) is 5.22 Å². The fourth-order valence-corrected chi connectivity index (χ4v) is 2.69. The Morgan fingerprint density at radius 3 is 2.89 bits per heavy atom. The lowest BCUT2D eigenvalue weighted by atomic mass is 10.1. The van der Waals surface area contributed by atoms with Crippen LogP contribution in [0.5, 0.6) is 0 Å². The molecule has 19 heavy (non-hydrogen) atoms. The predicted molar refractivity (Wildman–Crippen MR) is 75.0 cm³/mol. The summed E-state index contributed by atoms with van der Waals surface area (Å²) < 4.78 is 19.5. The quantitative estimate of drug-likeness (QED) is 0.668. The van der Waals surface area contributed by atoms with E-state index >= 15 is 0 Å². The van der Waals surface area contributed by atoms with E-state index in [0.717, 1.165) is 17.7 Å². The zero-order valence-electron chi connectivity index (χ0n) is 10.7. The van der Waals surface area contributed by atoms with Gasteiger partial charge in [0.1, 0.15) is 16.9 Å². The van der Waals surface area contributed by atoms with Crippen LogP contribution < -0.4 is 0 Å². The summed E-state index contributed by atoms with van der Waals surface area (Å²) in [5.74, 6) is 0.618. The maximum Gasteiger partial charge on any atom is 0.256 e. The van der Waals surface area contributed by atoms with E-state index in [-0.39, 0.29) is 5.82 Å². The van der Waals surface area contributed by atoms with E-state index < -0.39 is 0 Å². The minimum absolute atomic E-state index is 0.332. The smallest absolute Gasteiger partial charge is 0.256 e. The number of fused-ring (bicyclic) bond motifs is 3. The Bertz CT molecular complexity index is 754. The molecule has 0 bridgehead atoms. The van der Waals surface area contributed by atoms with Crippen molar-refractivity contribution in [1.82, 2.24) is 9.97 Å². The number of nitrogens with zero attached hydrogens (tertiary/aromatic N) is 2. The van der Waals surface area contributed by atoms with E-state index in [1.807, 2.05) is 13.0 Å². The molecule has 3 aromatic rings. The highest BCUT2D eigenvalue weighted by Gasteiger charge is 2.15. The lowest BCUT2D eigenvalue weighted by molar-refractivity contribution is 0.491. The van der Waals surface area contributed by atoms with E-state index in [4.69, 9.17) is 4.42 Å². The first-order valence-corrected chi connectivity index (χ1v) is 7.17. The first-order valence-electron chi connectivity index (χ1n) is 6.19.